The zero-order valence-electron chi connectivity index (χ0n) is 11.4. The Kier molecular flexibility index (Phi) is 7.16. The van der Waals surface area contributed by atoms with E-state index in [-0.39, 0.29) is 5.50 Å². The molecule has 5 heteroatoms. The number of hydrogen-bond acceptors (Lipinski definition) is 4. The average Bonchev–Trinajstić information content (AvgIpc) is 2.41. The first-order valence-electron chi connectivity index (χ1n) is 6.44. The van der Waals surface area contributed by atoms with Gasteiger partial charge in [-0.3, -0.25) is 4.90 Å². The van der Waals surface area contributed by atoms with Crippen molar-refractivity contribution in [2.45, 2.75) is 18.8 Å². The van der Waals surface area contributed by atoms with Gasteiger partial charge in [-0.1, -0.05) is 6.58 Å². The van der Waals surface area contributed by atoms with Crippen LogP contribution in [0.2, 0.25) is 0 Å². The number of ether oxygens (including phenoxy) is 1. The number of halogens is 1. The normalized spacial score (nSPS) is 19.4. The molecule has 0 bridgehead atoms. The van der Waals surface area contributed by atoms with Gasteiger partial charge in [0.2, 0.25) is 0 Å². The summed E-state index contributed by atoms with van der Waals surface area (Å²) in [6.45, 7) is 10.2. The van der Waals surface area contributed by atoms with Gasteiger partial charge in [-0.25, -0.2) is 0 Å². The van der Waals surface area contributed by atoms with Crippen LogP contribution in [0.4, 0.5) is 0 Å². The van der Waals surface area contributed by atoms with Gasteiger partial charge in [0.25, 0.3) is 0 Å². The van der Waals surface area contributed by atoms with Gasteiger partial charge in [0.1, 0.15) is 0 Å². The largest absolute Gasteiger partial charge is 0.393 e. The number of morpholine rings is 1. The van der Waals surface area contributed by atoms with Gasteiger partial charge in [-0.05, 0) is 13.1 Å². The van der Waals surface area contributed by atoms with Gasteiger partial charge < -0.3 is 15.0 Å². The molecule has 1 aliphatic heterocycles. The lowest BCUT2D eigenvalue weighted by Crippen LogP contribution is -2.41. The Balaban J connectivity index is 2.59. The van der Waals surface area contributed by atoms with Crippen LogP contribution in [0.15, 0.2) is 24.7 Å². The topological polar surface area (TPSA) is 27.7 Å². The highest BCUT2D eigenvalue weighted by Gasteiger charge is 2.21. The molecule has 0 aromatic rings. The molecule has 18 heavy (non-hydrogen) atoms. The summed E-state index contributed by atoms with van der Waals surface area (Å²) in [4.78, 5) is 4.36. The molecule has 1 heterocycles. The predicted octanol–water partition coefficient (Wildman–Crippen LogP) is 1.80. The Hall–Kier alpha value is -0.710. The minimum absolute atomic E-state index is 0.00231. The average molecular weight is 274 g/mol. The highest BCUT2D eigenvalue weighted by Crippen LogP contribution is 2.19. The molecule has 0 amide bonds. The molecule has 0 radical (unpaired) electrons. The summed E-state index contributed by atoms with van der Waals surface area (Å²) in [6, 6.07) is 0. The Morgan fingerprint density at radius 1 is 1.56 bits per heavy atom. The fraction of sp³-hybridized carbons (Fsp3) is 0.692. The molecule has 104 valence electrons. The quantitative estimate of drug-likeness (QED) is 0.566. The van der Waals surface area contributed by atoms with Crippen LogP contribution in [0, 0.1) is 0 Å². The second-order valence-electron chi connectivity index (χ2n) is 4.18. The number of nitrogens with one attached hydrogen (secondary N) is 1. The lowest BCUT2D eigenvalue weighted by atomic mass is 10.2. The van der Waals surface area contributed by atoms with E-state index >= 15 is 0 Å². The van der Waals surface area contributed by atoms with Crippen molar-refractivity contribution in [1.29, 1.82) is 0 Å². The first-order chi connectivity index (χ1) is 8.72. The summed E-state index contributed by atoms with van der Waals surface area (Å²) in [7, 11) is 1.90. The van der Waals surface area contributed by atoms with E-state index in [0.29, 0.717) is 0 Å². The maximum atomic E-state index is 6.49. The standard InChI is InChI=1S/C13H24ClN3O/c1-4-16(5-2)12(11-15-3)10-13(14)17-6-8-18-9-7-17/h4,11,13,15H,1,5-10H2,2-3H3/b12-11+. The van der Waals surface area contributed by atoms with Crippen LogP contribution in [0.1, 0.15) is 13.3 Å². The van der Waals surface area contributed by atoms with Crippen molar-refractivity contribution >= 4 is 11.6 Å². The summed E-state index contributed by atoms with van der Waals surface area (Å²) < 4.78 is 5.34. The van der Waals surface area contributed by atoms with E-state index in [4.69, 9.17) is 16.3 Å². The molecule has 1 saturated heterocycles. The van der Waals surface area contributed by atoms with Gasteiger partial charge in [-0.15, -0.1) is 11.6 Å². The third kappa shape index (κ3) is 4.52. The van der Waals surface area contributed by atoms with E-state index in [0.717, 1.165) is 45.0 Å². The fourth-order valence-corrected chi connectivity index (χ4v) is 2.39. The molecule has 0 aliphatic carbocycles. The first-order valence-corrected chi connectivity index (χ1v) is 6.88. The molecule has 1 aliphatic rings. The maximum absolute atomic E-state index is 6.49. The van der Waals surface area contributed by atoms with E-state index in [1.165, 1.54) is 0 Å². The molecule has 1 fully saturated rings. The minimum Gasteiger partial charge on any atom is -0.393 e. The minimum atomic E-state index is 0.00231. The molecule has 1 rings (SSSR count). The van der Waals surface area contributed by atoms with Crippen molar-refractivity contribution in [1.82, 2.24) is 15.1 Å². The number of rotatable bonds is 7. The molecular weight excluding hydrogens is 250 g/mol. The summed E-state index contributed by atoms with van der Waals surface area (Å²) in [5.41, 5.74) is 1.16. The monoisotopic (exact) mass is 273 g/mol. The second-order valence-corrected chi connectivity index (χ2v) is 4.68. The van der Waals surface area contributed by atoms with Crippen molar-refractivity contribution in [2.75, 3.05) is 39.9 Å². The molecular formula is C13H24ClN3O. The third-order valence-corrected chi connectivity index (χ3v) is 3.49. The molecule has 1 N–H and O–H groups in total. The van der Waals surface area contributed by atoms with Crippen LogP contribution >= 0.6 is 11.6 Å². The van der Waals surface area contributed by atoms with Crippen molar-refractivity contribution in [3.63, 3.8) is 0 Å². The first kappa shape index (κ1) is 15.3. The zero-order chi connectivity index (χ0) is 13.4. The molecule has 0 saturated carbocycles. The third-order valence-electron chi connectivity index (χ3n) is 3.06. The van der Waals surface area contributed by atoms with Gasteiger partial charge in [0.05, 0.1) is 18.7 Å². The van der Waals surface area contributed by atoms with E-state index in [9.17, 15) is 0 Å². The molecule has 0 aromatic heterocycles. The van der Waals surface area contributed by atoms with Crippen molar-refractivity contribution < 1.29 is 4.74 Å². The summed E-state index contributed by atoms with van der Waals surface area (Å²) in [5, 5.41) is 3.07. The van der Waals surface area contributed by atoms with E-state index in [2.05, 4.69) is 28.6 Å². The Bertz CT molecular complexity index is 277. The predicted molar refractivity (Wildman–Crippen MR) is 76.4 cm³/mol. The molecule has 1 unspecified atom stereocenters. The van der Waals surface area contributed by atoms with Crippen LogP contribution in [0.3, 0.4) is 0 Å². The Morgan fingerprint density at radius 2 is 2.22 bits per heavy atom. The highest BCUT2D eigenvalue weighted by atomic mass is 35.5. The van der Waals surface area contributed by atoms with Crippen molar-refractivity contribution in [2.24, 2.45) is 0 Å². The van der Waals surface area contributed by atoms with Crippen molar-refractivity contribution in [3.8, 4) is 0 Å². The number of hydrogen-bond donors (Lipinski definition) is 1. The van der Waals surface area contributed by atoms with Crippen LogP contribution in [0.25, 0.3) is 0 Å². The van der Waals surface area contributed by atoms with Gasteiger partial charge in [0.15, 0.2) is 0 Å². The van der Waals surface area contributed by atoms with Gasteiger partial charge in [0, 0.05) is 45.0 Å². The van der Waals surface area contributed by atoms with Crippen LogP contribution in [-0.4, -0.2) is 55.2 Å². The lowest BCUT2D eigenvalue weighted by molar-refractivity contribution is 0.0307. The molecule has 0 spiro atoms. The highest BCUT2D eigenvalue weighted by molar-refractivity contribution is 6.20. The van der Waals surface area contributed by atoms with Crippen LogP contribution < -0.4 is 5.32 Å². The van der Waals surface area contributed by atoms with E-state index in [1.54, 1.807) is 0 Å². The maximum Gasteiger partial charge on any atom is 0.0907 e. The number of alkyl halides is 1. The Labute approximate surface area is 115 Å². The van der Waals surface area contributed by atoms with Crippen LogP contribution in [0.5, 0.6) is 0 Å². The van der Waals surface area contributed by atoms with Gasteiger partial charge >= 0.3 is 0 Å². The van der Waals surface area contributed by atoms with Crippen molar-refractivity contribution in [3.05, 3.63) is 24.7 Å². The molecule has 1 atom stereocenters. The zero-order valence-corrected chi connectivity index (χ0v) is 12.1. The molecule has 0 aromatic carbocycles. The van der Waals surface area contributed by atoms with Crippen LogP contribution in [-0.2, 0) is 4.74 Å². The smallest absolute Gasteiger partial charge is 0.0907 e. The SMILES string of the molecule is C=CN(CC)/C(=C/NC)CC(Cl)N1CCOCC1. The van der Waals surface area contributed by atoms with E-state index < -0.39 is 0 Å². The second kappa shape index (κ2) is 8.40. The van der Waals surface area contributed by atoms with Gasteiger partial charge in [-0.2, -0.15) is 0 Å². The fourth-order valence-electron chi connectivity index (χ4n) is 2.03. The molecule has 4 nitrogen and oxygen atoms in total. The summed E-state index contributed by atoms with van der Waals surface area (Å²) >= 11 is 6.49. The lowest BCUT2D eigenvalue weighted by Gasteiger charge is -2.33. The summed E-state index contributed by atoms with van der Waals surface area (Å²) in [5.74, 6) is 0. The number of nitrogens with zero attached hydrogens (tertiary/aromatic N) is 2. The Morgan fingerprint density at radius 3 is 2.72 bits per heavy atom. The summed E-state index contributed by atoms with van der Waals surface area (Å²) in [6.07, 6.45) is 4.62. The van der Waals surface area contributed by atoms with E-state index in [1.807, 2.05) is 19.4 Å².